The Hall–Kier alpha value is -3.97. The number of pyridine rings is 1. The van der Waals surface area contributed by atoms with Crippen LogP contribution in [-0.2, 0) is 11.4 Å². The molecule has 0 saturated heterocycles. The normalized spacial score (nSPS) is 11.4. The molecule has 0 fully saturated rings. The van der Waals surface area contributed by atoms with Crippen molar-refractivity contribution in [3.63, 3.8) is 0 Å². The van der Waals surface area contributed by atoms with Crippen LogP contribution in [0.1, 0.15) is 19.4 Å². The number of benzene rings is 2. The average molecular weight is 444 g/mol. The van der Waals surface area contributed by atoms with E-state index >= 15 is 0 Å². The van der Waals surface area contributed by atoms with E-state index in [0.29, 0.717) is 11.6 Å². The number of nitrogens with one attached hydrogen (secondary N) is 1. The standard InChI is InChI=1S/C26H25N3O4/c1-26(2,25(31)32)16-33-21-9-6-18(7-10-21)22-11-8-20(13-27-22)24-28-14-23(29-24)19-5-3-4-17(12-19)15-30/h3-14,30H,15-16H2,1-2H3,(H,28,29)(H,31,32). The van der Waals surface area contributed by atoms with Gasteiger partial charge in [-0.1, -0.05) is 18.2 Å². The molecule has 4 rings (SSSR count). The van der Waals surface area contributed by atoms with Gasteiger partial charge in [0.05, 0.1) is 29.6 Å². The maximum absolute atomic E-state index is 11.2. The van der Waals surface area contributed by atoms with Crippen LogP contribution in [0.2, 0.25) is 0 Å². The smallest absolute Gasteiger partial charge is 0.312 e. The van der Waals surface area contributed by atoms with E-state index in [1.165, 1.54) is 0 Å². The molecule has 2 aromatic heterocycles. The average Bonchev–Trinajstić information content (AvgIpc) is 3.34. The van der Waals surface area contributed by atoms with Gasteiger partial charge in [-0.05, 0) is 67.4 Å². The van der Waals surface area contributed by atoms with Crippen molar-refractivity contribution in [2.45, 2.75) is 20.5 Å². The molecule has 0 atom stereocenters. The number of aromatic nitrogens is 3. The molecule has 0 spiro atoms. The minimum atomic E-state index is -0.955. The van der Waals surface area contributed by atoms with E-state index in [1.807, 2.05) is 60.7 Å². The Labute approximate surface area is 191 Å². The Balaban J connectivity index is 1.45. The van der Waals surface area contributed by atoms with Crippen molar-refractivity contribution in [2.24, 2.45) is 5.41 Å². The number of hydrogen-bond acceptors (Lipinski definition) is 5. The van der Waals surface area contributed by atoms with E-state index < -0.39 is 11.4 Å². The lowest BCUT2D eigenvalue weighted by atomic mass is 9.95. The third kappa shape index (κ3) is 5.10. The molecular formula is C26H25N3O4. The number of hydrogen-bond donors (Lipinski definition) is 3. The number of ether oxygens (including phenoxy) is 1. The number of H-pyrrole nitrogens is 1. The number of carboxylic acid groups (broad SMARTS) is 1. The van der Waals surface area contributed by atoms with Crippen LogP contribution in [-0.4, -0.2) is 37.7 Å². The zero-order valence-electron chi connectivity index (χ0n) is 18.4. The number of nitrogens with zero attached hydrogens (tertiary/aromatic N) is 2. The minimum absolute atomic E-state index is 0.00631. The maximum Gasteiger partial charge on any atom is 0.312 e. The van der Waals surface area contributed by atoms with Gasteiger partial charge in [-0.15, -0.1) is 0 Å². The van der Waals surface area contributed by atoms with E-state index in [4.69, 9.17) is 4.74 Å². The van der Waals surface area contributed by atoms with E-state index in [-0.39, 0.29) is 13.2 Å². The fourth-order valence-corrected chi connectivity index (χ4v) is 3.20. The summed E-state index contributed by atoms with van der Waals surface area (Å²) in [6, 6.07) is 18.9. The zero-order valence-corrected chi connectivity index (χ0v) is 18.4. The van der Waals surface area contributed by atoms with Gasteiger partial charge in [-0.25, -0.2) is 4.98 Å². The van der Waals surface area contributed by atoms with Gasteiger partial charge in [0.25, 0.3) is 0 Å². The van der Waals surface area contributed by atoms with Crippen LogP contribution in [0.25, 0.3) is 33.9 Å². The molecular weight excluding hydrogens is 418 g/mol. The summed E-state index contributed by atoms with van der Waals surface area (Å²) in [5.74, 6) is 0.423. The number of aliphatic carboxylic acids is 1. The lowest BCUT2D eigenvalue weighted by Crippen LogP contribution is -2.30. The van der Waals surface area contributed by atoms with Gasteiger partial charge in [0.1, 0.15) is 18.2 Å². The summed E-state index contributed by atoms with van der Waals surface area (Å²) in [6.07, 6.45) is 3.53. The van der Waals surface area contributed by atoms with E-state index in [1.54, 1.807) is 26.2 Å². The summed E-state index contributed by atoms with van der Waals surface area (Å²) in [4.78, 5) is 23.5. The van der Waals surface area contributed by atoms with Crippen LogP contribution in [0.5, 0.6) is 5.75 Å². The number of aliphatic hydroxyl groups excluding tert-OH is 1. The van der Waals surface area contributed by atoms with Gasteiger partial charge in [0.2, 0.25) is 0 Å². The van der Waals surface area contributed by atoms with Gasteiger partial charge in [-0.2, -0.15) is 0 Å². The van der Waals surface area contributed by atoms with Crippen molar-refractivity contribution in [2.75, 3.05) is 6.61 Å². The summed E-state index contributed by atoms with van der Waals surface area (Å²) in [5, 5.41) is 18.5. The van der Waals surface area contributed by atoms with Gasteiger partial charge in [0, 0.05) is 17.3 Å². The van der Waals surface area contributed by atoms with Crippen LogP contribution < -0.4 is 4.74 Å². The molecule has 7 nitrogen and oxygen atoms in total. The summed E-state index contributed by atoms with van der Waals surface area (Å²) < 4.78 is 5.63. The molecule has 2 heterocycles. The van der Waals surface area contributed by atoms with Crippen molar-refractivity contribution in [3.05, 3.63) is 78.6 Å². The third-order valence-electron chi connectivity index (χ3n) is 5.36. The summed E-state index contributed by atoms with van der Waals surface area (Å²) >= 11 is 0. The van der Waals surface area contributed by atoms with E-state index in [2.05, 4.69) is 15.0 Å². The maximum atomic E-state index is 11.2. The molecule has 2 aromatic carbocycles. The second kappa shape index (κ2) is 9.26. The van der Waals surface area contributed by atoms with Crippen molar-refractivity contribution in [1.82, 2.24) is 15.0 Å². The molecule has 3 N–H and O–H groups in total. The Kier molecular flexibility index (Phi) is 6.24. The largest absolute Gasteiger partial charge is 0.492 e. The van der Waals surface area contributed by atoms with Crippen LogP contribution in [0.15, 0.2) is 73.1 Å². The number of rotatable bonds is 8. The monoisotopic (exact) mass is 443 g/mol. The summed E-state index contributed by atoms with van der Waals surface area (Å²) in [6.45, 7) is 3.34. The molecule has 0 aliphatic carbocycles. The van der Waals surface area contributed by atoms with Crippen molar-refractivity contribution in [3.8, 4) is 39.7 Å². The molecule has 0 aliphatic rings. The highest BCUT2D eigenvalue weighted by molar-refractivity contribution is 5.73. The molecule has 0 radical (unpaired) electrons. The first-order valence-corrected chi connectivity index (χ1v) is 10.5. The number of aromatic amines is 1. The van der Waals surface area contributed by atoms with Crippen LogP contribution in [0, 0.1) is 5.41 Å². The number of carboxylic acids is 1. The molecule has 0 unspecified atom stereocenters. The Morgan fingerprint density at radius 2 is 1.73 bits per heavy atom. The molecule has 0 bridgehead atoms. The lowest BCUT2D eigenvalue weighted by Gasteiger charge is -2.19. The minimum Gasteiger partial charge on any atom is -0.492 e. The molecule has 33 heavy (non-hydrogen) atoms. The topological polar surface area (TPSA) is 108 Å². The van der Waals surface area contributed by atoms with Crippen LogP contribution in [0.4, 0.5) is 0 Å². The van der Waals surface area contributed by atoms with E-state index in [9.17, 15) is 15.0 Å². The first-order valence-electron chi connectivity index (χ1n) is 10.5. The van der Waals surface area contributed by atoms with E-state index in [0.717, 1.165) is 33.6 Å². The quantitative estimate of drug-likeness (QED) is 0.361. The highest BCUT2D eigenvalue weighted by Gasteiger charge is 2.28. The van der Waals surface area contributed by atoms with Gasteiger partial charge in [0.15, 0.2) is 0 Å². The highest BCUT2D eigenvalue weighted by atomic mass is 16.5. The Bertz CT molecular complexity index is 1250. The molecule has 168 valence electrons. The third-order valence-corrected chi connectivity index (χ3v) is 5.36. The summed E-state index contributed by atoms with van der Waals surface area (Å²) in [7, 11) is 0. The van der Waals surface area contributed by atoms with Crippen molar-refractivity contribution < 1.29 is 19.7 Å². The molecule has 0 saturated carbocycles. The molecule has 0 aliphatic heterocycles. The molecule has 0 amide bonds. The number of aliphatic hydroxyl groups is 1. The van der Waals surface area contributed by atoms with Crippen LogP contribution >= 0.6 is 0 Å². The number of carbonyl (C=O) groups is 1. The fourth-order valence-electron chi connectivity index (χ4n) is 3.20. The van der Waals surface area contributed by atoms with Gasteiger partial charge < -0.3 is 19.9 Å². The Morgan fingerprint density at radius 3 is 2.39 bits per heavy atom. The SMILES string of the molecule is CC(C)(COc1ccc(-c2ccc(-c3ncc(-c4cccc(CO)c4)[nH]3)cn2)cc1)C(=O)O. The summed E-state index contributed by atoms with van der Waals surface area (Å²) in [5.41, 5.74) is 4.30. The second-order valence-electron chi connectivity index (χ2n) is 8.44. The fraction of sp³-hybridized carbons (Fsp3) is 0.192. The first kappa shape index (κ1) is 22.2. The highest BCUT2D eigenvalue weighted by Crippen LogP contribution is 2.26. The van der Waals surface area contributed by atoms with Gasteiger partial charge in [-0.3, -0.25) is 9.78 Å². The van der Waals surface area contributed by atoms with Crippen molar-refractivity contribution >= 4 is 5.97 Å². The van der Waals surface area contributed by atoms with Crippen molar-refractivity contribution in [1.29, 1.82) is 0 Å². The lowest BCUT2D eigenvalue weighted by molar-refractivity contribution is -0.148. The first-order chi connectivity index (χ1) is 15.9. The molecule has 7 heteroatoms. The van der Waals surface area contributed by atoms with Crippen LogP contribution in [0.3, 0.4) is 0 Å². The zero-order chi connectivity index (χ0) is 23.4. The predicted octanol–water partition coefficient (Wildman–Crippen LogP) is 4.79. The number of imidazole rings is 1. The second-order valence-corrected chi connectivity index (χ2v) is 8.44. The predicted molar refractivity (Wildman–Crippen MR) is 126 cm³/mol. The molecule has 4 aromatic rings. The van der Waals surface area contributed by atoms with Gasteiger partial charge >= 0.3 is 5.97 Å². The Morgan fingerprint density at radius 1 is 0.970 bits per heavy atom.